The van der Waals surface area contributed by atoms with E-state index in [0.717, 1.165) is 17.8 Å². The number of hydrogen-bond acceptors (Lipinski definition) is 3. The summed E-state index contributed by atoms with van der Waals surface area (Å²) in [5.74, 6) is -0.655. The molecule has 1 heterocycles. The van der Waals surface area contributed by atoms with Crippen LogP contribution >= 0.6 is 15.9 Å². The number of methoxy groups -OCH3 is 1. The fourth-order valence-corrected chi connectivity index (χ4v) is 2.06. The molecule has 0 saturated carbocycles. The summed E-state index contributed by atoms with van der Waals surface area (Å²) >= 11 is 2.94. The zero-order chi connectivity index (χ0) is 14.7. The first-order valence-electron chi connectivity index (χ1n) is 5.95. The van der Waals surface area contributed by atoms with E-state index in [-0.39, 0.29) is 10.2 Å². The molecular weight excluding hydrogens is 332 g/mol. The van der Waals surface area contributed by atoms with E-state index in [1.165, 1.54) is 0 Å². The molecule has 1 aromatic carbocycles. The molecule has 0 unspecified atom stereocenters. The van der Waals surface area contributed by atoms with Gasteiger partial charge >= 0.3 is 0 Å². The fraction of sp³-hybridized carbons (Fsp3) is 0.308. The predicted octanol–water partition coefficient (Wildman–Crippen LogP) is 3.62. The molecule has 108 valence electrons. The topological polar surface area (TPSA) is 39.1 Å². The number of hydrogen-bond donors (Lipinski definition) is 1. The van der Waals surface area contributed by atoms with Crippen LogP contribution in [0.25, 0.3) is 0 Å². The number of aryl methyl sites for hydroxylation is 1. The third kappa shape index (κ3) is 3.34. The summed E-state index contributed by atoms with van der Waals surface area (Å²) in [6.45, 7) is 2.90. The molecular formula is C13H14BrF2N3O. The van der Waals surface area contributed by atoms with Crippen LogP contribution < -0.4 is 5.32 Å². The molecule has 0 bridgehead atoms. The third-order valence-electron chi connectivity index (χ3n) is 2.69. The molecule has 0 saturated heterocycles. The average Bonchev–Trinajstić information content (AvgIpc) is 2.73. The van der Waals surface area contributed by atoms with E-state index in [9.17, 15) is 8.78 Å². The van der Waals surface area contributed by atoms with Crippen molar-refractivity contribution < 1.29 is 13.5 Å². The Morgan fingerprint density at radius 1 is 1.35 bits per heavy atom. The Kier molecular flexibility index (Phi) is 4.72. The molecule has 4 nitrogen and oxygen atoms in total. The fourth-order valence-electron chi connectivity index (χ4n) is 1.75. The largest absolute Gasteiger partial charge is 0.383 e. The molecule has 0 amide bonds. The van der Waals surface area contributed by atoms with Crippen molar-refractivity contribution in [1.29, 1.82) is 0 Å². The Balaban J connectivity index is 2.27. The maximum Gasteiger partial charge on any atom is 0.207 e. The van der Waals surface area contributed by atoms with Gasteiger partial charge in [-0.15, -0.1) is 0 Å². The van der Waals surface area contributed by atoms with Gasteiger partial charge in [0.15, 0.2) is 0 Å². The van der Waals surface area contributed by atoms with Crippen molar-refractivity contribution in [3.8, 4) is 0 Å². The van der Waals surface area contributed by atoms with E-state index in [4.69, 9.17) is 4.74 Å². The lowest BCUT2D eigenvalue weighted by atomic mass is 10.3. The number of anilines is 2. The quantitative estimate of drug-likeness (QED) is 0.841. The lowest BCUT2D eigenvalue weighted by molar-refractivity contribution is 0.188. The second-order valence-corrected chi connectivity index (χ2v) is 5.12. The summed E-state index contributed by atoms with van der Waals surface area (Å²) in [5, 5.41) is 2.80. The van der Waals surface area contributed by atoms with Crippen LogP contribution in [0.4, 0.5) is 20.4 Å². The molecule has 20 heavy (non-hydrogen) atoms. The highest BCUT2D eigenvalue weighted by Gasteiger charge is 2.12. The van der Waals surface area contributed by atoms with E-state index >= 15 is 0 Å². The number of rotatable bonds is 5. The highest BCUT2D eigenvalue weighted by atomic mass is 79.9. The number of aromatic nitrogens is 2. The van der Waals surface area contributed by atoms with Gasteiger partial charge in [0.2, 0.25) is 5.95 Å². The van der Waals surface area contributed by atoms with Crippen LogP contribution in [0.1, 0.15) is 5.69 Å². The van der Waals surface area contributed by atoms with E-state index in [1.807, 2.05) is 13.1 Å². The number of imidazole rings is 1. The minimum atomic E-state index is -0.558. The minimum Gasteiger partial charge on any atom is -0.383 e. The van der Waals surface area contributed by atoms with Crippen LogP contribution in [-0.2, 0) is 11.3 Å². The van der Waals surface area contributed by atoms with Crippen LogP contribution in [0.5, 0.6) is 0 Å². The molecule has 0 atom stereocenters. The van der Waals surface area contributed by atoms with Gasteiger partial charge in [0.25, 0.3) is 0 Å². The maximum atomic E-state index is 13.8. The van der Waals surface area contributed by atoms with E-state index in [1.54, 1.807) is 11.7 Å². The van der Waals surface area contributed by atoms with E-state index in [0.29, 0.717) is 19.1 Å². The Morgan fingerprint density at radius 3 is 2.80 bits per heavy atom. The van der Waals surface area contributed by atoms with Gasteiger partial charge < -0.3 is 14.6 Å². The van der Waals surface area contributed by atoms with Crippen molar-refractivity contribution in [2.45, 2.75) is 13.5 Å². The smallest absolute Gasteiger partial charge is 0.207 e. The summed E-state index contributed by atoms with van der Waals surface area (Å²) in [6.07, 6.45) is 1.81. The van der Waals surface area contributed by atoms with E-state index < -0.39 is 11.6 Å². The van der Waals surface area contributed by atoms with Crippen LogP contribution in [0.3, 0.4) is 0 Å². The van der Waals surface area contributed by atoms with Gasteiger partial charge in [-0.2, -0.15) is 0 Å². The Hall–Kier alpha value is -1.47. The number of benzene rings is 1. The Bertz CT molecular complexity index is 616. The van der Waals surface area contributed by atoms with Crippen LogP contribution in [0, 0.1) is 18.6 Å². The molecule has 0 spiro atoms. The van der Waals surface area contributed by atoms with Gasteiger partial charge in [0, 0.05) is 25.9 Å². The SMILES string of the molecule is COCCn1cc(C)nc1Nc1cc(F)c(Br)cc1F. The lowest BCUT2D eigenvalue weighted by Crippen LogP contribution is -2.08. The van der Waals surface area contributed by atoms with Crippen LogP contribution in [0.15, 0.2) is 22.8 Å². The highest BCUT2D eigenvalue weighted by molar-refractivity contribution is 9.10. The molecule has 7 heteroatoms. The van der Waals surface area contributed by atoms with Crippen molar-refractivity contribution in [2.24, 2.45) is 0 Å². The molecule has 0 fully saturated rings. The summed E-state index contributed by atoms with van der Waals surface area (Å²) in [5.41, 5.74) is 0.816. The predicted molar refractivity (Wildman–Crippen MR) is 76.2 cm³/mol. The first kappa shape index (κ1) is 14.9. The first-order valence-corrected chi connectivity index (χ1v) is 6.75. The van der Waals surface area contributed by atoms with Crippen molar-refractivity contribution in [3.05, 3.63) is 40.1 Å². The molecule has 0 aliphatic carbocycles. The van der Waals surface area contributed by atoms with Crippen molar-refractivity contribution in [1.82, 2.24) is 9.55 Å². The summed E-state index contributed by atoms with van der Waals surface area (Å²) in [6, 6.07) is 2.16. The van der Waals surface area contributed by atoms with Crippen molar-refractivity contribution >= 4 is 27.6 Å². The standard InChI is InChI=1S/C13H14BrF2N3O/c1-8-7-19(3-4-20-2)13(17-8)18-12-6-10(15)9(14)5-11(12)16/h5-7H,3-4H2,1-2H3,(H,17,18). The zero-order valence-corrected chi connectivity index (χ0v) is 12.7. The van der Waals surface area contributed by atoms with Gasteiger partial charge in [0.05, 0.1) is 22.5 Å². The zero-order valence-electron chi connectivity index (χ0n) is 11.1. The molecule has 1 aromatic heterocycles. The van der Waals surface area contributed by atoms with E-state index in [2.05, 4.69) is 26.2 Å². The molecule has 2 rings (SSSR count). The average molecular weight is 346 g/mol. The summed E-state index contributed by atoms with van der Waals surface area (Å²) < 4.78 is 34.1. The molecule has 1 N–H and O–H groups in total. The summed E-state index contributed by atoms with van der Waals surface area (Å²) in [4.78, 5) is 4.25. The van der Waals surface area contributed by atoms with Crippen molar-refractivity contribution in [2.75, 3.05) is 19.0 Å². The molecule has 0 aliphatic heterocycles. The molecule has 0 aliphatic rings. The van der Waals surface area contributed by atoms with Crippen molar-refractivity contribution in [3.63, 3.8) is 0 Å². The molecule has 0 radical (unpaired) electrons. The Labute approximate surface area is 123 Å². The maximum absolute atomic E-state index is 13.8. The number of nitrogens with zero attached hydrogens (tertiary/aromatic N) is 2. The highest BCUT2D eigenvalue weighted by Crippen LogP contribution is 2.25. The lowest BCUT2D eigenvalue weighted by Gasteiger charge is -2.10. The third-order valence-corrected chi connectivity index (χ3v) is 3.30. The number of halogens is 3. The van der Waals surface area contributed by atoms with Crippen LogP contribution in [0.2, 0.25) is 0 Å². The number of nitrogens with one attached hydrogen (secondary N) is 1. The first-order chi connectivity index (χ1) is 9.51. The van der Waals surface area contributed by atoms with Gasteiger partial charge in [-0.05, 0) is 28.9 Å². The second kappa shape index (κ2) is 6.32. The Morgan fingerprint density at radius 2 is 2.10 bits per heavy atom. The normalized spacial score (nSPS) is 10.8. The summed E-state index contributed by atoms with van der Waals surface area (Å²) in [7, 11) is 1.60. The molecule has 2 aromatic rings. The van der Waals surface area contributed by atoms with Crippen LogP contribution in [-0.4, -0.2) is 23.3 Å². The van der Waals surface area contributed by atoms with Gasteiger partial charge in [-0.1, -0.05) is 0 Å². The minimum absolute atomic E-state index is 0.0370. The number of ether oxygens (including phenoxy) is 1. The monoisotopic (exact) mass is 345 g/mol. The van der Waals surface area contributed by atoms with Gasteiger partial charge in [-0.25, -0.2) is 13.8 Å². The second-order valence-electron chi connectivity index (χ2n) is 4.26. The van der Waals surface area contributed by atoms with Gasteiger partial charge in [0.1, 0.15) is 11.6 Å². The van der Waals surface area contributed by atoms with Gasteiger partial charge in [-0.3, -0.25) is 0 Å².